The normalized spacial score (nSPS) is 11.1. The summed E-state index contributed by atoms with van der Waals surface area (Å²) in [6.45, 7) is 4.52. The number of aromatic nitrogens is 3. The Morgan fingerprint density at radius 2 is 1.19 bits per heavy atom. The van der Waals surface area contributed by atoms with Gasteiger partial charge in [0.25, 0.3) is 0 Å². The van der Waals surface area contributed by atoms with Crippen LogP contribution >= 0.6 is 0 Å². The number of imidazole rings is 1. The SMILES string of the molecule is CC(C)Cc1cc(-n2c(-c3ccccc3O)nc3c(-c4[c-]c(-c5cc(-c6ccccc6)ccn5)cc(-c5ccccc5)c4)cccc32)ccc1-c1ccccc1.[Pt]. The van der Waals surface area contributed by atoms with E-state index >= 15 is 0 Å². The van der Waals surface area contributed by atoms with Crippen LogP contribution in [0.3, 0.4) is 0 Å². The van der Waals surface area contributed by atoms with Crippen molar-refractivity contribution in [2.45, 2.75) is 20.3 Å². The molecular formula is C52H40N3OPt-. The first-order chi connectivity index (χ1) is 27.5. The van der Waals surface area contributed by atoms with Crippen molar-refractivity contribution in [1.82, 2.24) is 14.5 Å². The van der Waals surface area contributed by atoms with Crippen LogP contribution in [0.4, 0.5) is 0 Å². The first-order valence-electron chi connectivity index (χ1n) is 19.1. The molecule has 280 valence electrons. The molecule has 0 atom stereocenters. The van der Waals surface area contributed by atoms with Gasteiger partial charge in [0.05, 0.1) is 16.6 Å². The topological polar surface area (TPSA) is 50.9 Å². The smallest absolute Gasteiger partial charge is 0.148 e. The fourth-order valence-electron chi connectivity index (χ4n) is 7.69. The van der Waals surface area contributed by atoms with Gasteiger partial charge in [0, 0.05) is 38.6 Å². The van der Waals surface area contributed by atoms with Gasteiger partial charge in [-0.2, -0.15) is 0 Å². The summed E-state index contributed by atoms with van der Waals surface area (Å²) in [5.41, 5.74) is 15.1. The maximum absolute atomic E-state index is 11.3. The third kappa shape index (κ3) is 7.62. The fraction of sp³-hybridized carbons (Fsp3) is 0.0769. The predicted molar refractivity (Wildman–Crippen MR) is 231 cm³/mol. The van der Waals surface area contributed by atoms with Crippen LogP contribution in [-0.2, 0) is 27.5 Å². The Morgan fingerprint density at radius 1 is 0.561 bits per heavy atom. The van der Waals surface area contributed by atoms with Gasteiger partial charge in [-0.3, -0.25) is 9.55 Å². The summed E-state index contributed by atoms with van der Waals surface area (Å²) in [7, 11) is 0. The molecule has 0 amide bonds. The molecular weight excluding hydrogens is 878 g/mol. The van der Waals surface area contributed by atoms with Crippen LogP contribution < -0.4 is 0 Å². The zero-order valence-electron chi connectivity index (χ0n) is 31.7. The number of para-hydroxylation sites is 2. The fourth-order valence-corrected chi connectivity index (χ4v) is 7.69. The second-order valence-electron chi connectivity index (χ2n) is 14.6. The Hall–Kier alpha value is -6.35. The van der Waals surface area contributed by atoms with Crippen molar-refractivity contribution in [3.63, 3.8) is 0 Å². The molecule has 0 unspecified atom stereocenters. The van der Waals surface area contributed by atoms with E-state index in [1.807, 2.05) is 42.6 Å². The molecule has 4 nitrogen and oxygen atoms in total. The molecule has 0 bridgehead atoms. The zero-order valence-corrected chi connectivity index (χ0v) is 34.0. The minimum absolute atomic E-state index is 0. The van der Waals surface area contributed by atoms with Crippen molar-refractivity contribution in [3.05, 3.63) is 194 Å². The zero-order chi connectivity index (χ0) is 38.0. The van der Waals surface area contributed by atoms with E-state index in [9.17, 15) is 5.11 Å². The number of fused-ring (bicyclic) bond motifs is 1. The largest absolute Gasteiger partial charge is 0.507 e. The maximum Gasteiger partial charge on any atom is 0.148 e. The summed E-state index contributed by atoms with van der Waals surface area (Å²) < 4.78 is 2.19. The number of rotatable bonds is 9. The van der Waals surface area contributed by atoms with Gasteiger partial charge < -0.3 is 5.11 Å². The number of nitrogens with zero attached hydrogens (tertiary/aromatic N) is 3. The molecule has 0 aliphatic rings. The van der Waals surface area contributed by atoms with Gasteiger partial charge in [-0.15, -0.1) is 23.8 Å². The van der Waals surface area contributed by atoms with Gasteiger partial charge >= 0.3 is 0 Å². The molecule has 0 saturated carbocycles. The minimum atomic E-state index is 0. The number of pyridine rings is 1. The first-order valence-corrected chi connectivity index (χ1v) is 19.1. The second-order valence-corrected chi connectivity index (χ2v) is 14.6. The summed E-state index contributed by atoms with van der Waals surface area (Å²) in [5, 5.41) is 11.3. The van der Waals surface area contributed by atoms with Crippen molar-refractivity contribution in [3.8, 4) is 78.6 Å². The predicted octanol–water partition coefficient (Wildman–Crippen LogP) is 13.1. The van der Waals surface area contributed by atoms with E-state index in [0.29, 0.717) is 17.3 Å². The number of aromatic hydroxyl groups is 1. The van der Waals surface area contributed by atoms with Crippen molar-refractivity contribution >= 4 is 11.0 Å². The quantitative estimate of drug-likeness (QED) is 0.147. The van der Waals surface area contributed by atoms with Crippen LogP contribution in [0.5, 0.6) is 5.75 Å². The Morgan fingerprint density at radius 3 is 1.89 bits per heavy atom. The van der Waals surface area contributed by atoms with Crippen LogP contribution in [0.1, 0.15) is 19.4 Å². The Labute approximate surface area is 348 Å². The van der Waals surface area contributed by atoms with Gasteiger partial charge in [-0.1, -0.05) is 158 Å². The standard InChI is InChI=1S/C52H40N3O.Pt/c1-35(2)29-41-33-44(25-26-45(41)38-19-10-5-11-20-38)55-49-23-14-22-46(51(49)54-52(55)47-21-12-13-24-50(47)56)42-30-40(37-17-8-4-9-18-37)31-43(32-42)48-34-39(27-28-53-48)36-15-6-3-7-16-36;/h3-28,30-31,33-35,56H,29H2,1-2H3;/q-1;. The number of benzene rings is 7. The third-order valence-electron chi connectivity index (χ3n) is 10.3. The molecule has 57 heavy (non-hydrogen) atoms. The van der Waals surface area contributed by atoms with Crippen molar-refractivity contribution in [2.24, 2.45) is 5.92 Å². The molecule has 0 aliphatic carbocycles. The van der Waals surface area contributed by atoms with Gasteiger partial charge in [0.2, 0.25) is 0 Å². The molecule has 7 aromatic carbocycles. The third-order valence-corrected chi connectivity index (χ3v) is 10.3. The Kier molecular flexibility index (Phi) is 10.8. The molecule has 0 spiro atoms. The molecule has 1 N–H and O–H groups in total. The average Bonchev–Trinajstić information content (AvgIpc) is 3.64. The van der Waals surface area contributed by atoms with Crippen molar-refractivity contribution in [2.75, 3.05) is 0 Å². The summed E-state index contributed by atoms with van der Waals surface area (Å²) in [5.74, 6) is 1.31. The van der Waals surface area contributed by atoms with E-state index in [4.69, 9.17) is 9.97 Å². The Bertz CT molecular complexity index is 2810. The molecule has 0 fully saturated rings. The molecule has 0 saturated heterocycles. The number of phenolic OH excluding ortho intramolecular Hbond substituents is 1. The second kappa shape index (κ2) is 16.4. The Balaban J connectivity index is 0.00000455. The molecule has 0 aliphatic heterocycles. The monoisotopic (exact) mass is 917 g/mol. The van der Waals surface area contributed by atoms with Crippen LogP contribution in [0.2, 0.25) is 0 Å². The molecule has 2 aromatic heterocycles. The van der Waals surface area contributed by atoms with Gasteiger partial charge in [0.15, 0.2) is 0 Å². The van der Waals surface area contributed by atoms with Crippen LogP contribution in [0, 0.1) is 12.0 Å². The first kappa shape index (κ1) is 37.6. The van der Waals surface area contributed by atoms with E-state index in [2.05, 4.69) is 158 Å². The van der Waals surface area contributed by atoms with E-state index < -0.39 is 0 Å². The maximum atomic E-state index is 11.3. The molecule has 9 aromatic rings. The molecule has 5 heteroatoms. The van der Waals surface area contributed by atoms with E-state index in [1.54, 1.807) is 6.07 Å². The van der Waals surface area contributed by atoms with Crippen LogP contribution in [-0.4, -0.2) is 19.6 Å². The summed E-state index contributed by atoms with van der Waals surface area (Å²) >= 11 is 0. The van der Waals surface area contributed by atoms with Gasteiger partial charge in [-0.25, -0.2) is 4.98 Å². The van der Waals surface area contributed by atoms with Gasteiger partial charge in [-0.05, 0) is 82.1 Å². The van der Waals surface area contributed by atoms with E-state index in [0.717, 1.165) is 67.8 Å². The molecule has 2 heterocycles. The van der Waals surface area contributed by atoms with E-state index in [-0.39, 0.29) is 26.8 Å². The number of phenols is 1. The molecule has 9 rings (SSSR count). The van der Waals surface area contributed by atoms with Gasteiger partial charge in [0.1, 0.15) is 11.6 Å². The minimum Gasteiger partial charge on any atom is -0.507 e. The number of hydrogen-bond donors (Lipinski definition) is 1. The average molecular weight is 918 g/mol. The number of hydrogen-bond acceptors (Lipinski definition) is 3. The van der Waals surface area contributed by atoms with Crippen molar-refractivity contribution in [1.29, 1.82) is 0 Å². The summed E-state index contributed by atoms with van der Waals surface area (Å²) in [4.78, 5) is 10.2. The molecule has 0 radical (unpaired) electrons. The van der Waals surface area contributed by atoms with Crippen LogP contribution in [0.25, 0.3) is 83.9 Å². The summed E-state index contributed by atoms with van der Waals surface area (Å²) in [6, 6.07) is 64.2. The van der Waals surface area contributed by atoms with Crippen molar-refractivity contribution < 1.29 is 26.2 Å². The summed E-state index contributed by atoms with van der Waals surface area (Å²) in [6.07, 6.45) is 2.80. The van der Waals surface area contributed by atoms with E-state index in [1.165, 1.54) is 16.7 Å². The van der Waals surface area contributed by atoms with Crippen LogP contribution in [0.15, 0.2) is 182 Å².